The fourth-order valence-electron chi connectivity index (χ4n) is 0.415. The summed E-state index contributed by atoms with van der Waals surface area (Å²) in [6, 6.07) is 0. The molecule has 0 radical (unpaired) electrons. The van der Waals surface area contributed by atoms with Crippen molar-refractivity contribution in [1.82, 2.24) is 0 Å². The summed E-state index contributed by atoms with van der Waals surface area (Å²) in [5.41, 5.74) is 0. The van der Waals surface area contributed by atoms with Crippen molar-refractivity contribution in [2.45, 2.75) is 19.8 Å². The van der Waals surface area contributed by atoms with Gasteiger partial charge in [-0.25, -0.2) is 4.79 Å². The zero-order chi connectivity index (χ0) is 12.3. The summed E-state index contributed by atoms with van der Waals surface area (Å²) in [6.07, 6.45) is 0.550. The molecule has 86 valence electrons. The summed E-state index contributed by atoms with van der Waals surface area (Å²) < 4.78 is 4.43. The van der Waals surface area contributed by atoms with E-state index in [-0.39, 0.29) is 18.8 Å². The van der Waals surface area contributed by atoms with E-state index in [1.165, 1.54) is 0 Å². The Balaban J connectivity index is 0. The lowest BCUT2D eigenvalue weighted by Gasteiger charge is -1.90. The molecule has 0 spiro atoms. The van der Waals surface area contributed by atoms with E-state index >= 15 is 0 Å². The highest BCUT2D eigenvalue weighted by Gasteiger charge is 2.00. The Morgan fingerprint density at radius 3 is 1.73 bits per heavy atom. The SMILES string of the molecule is C=CC(=O)OCC.O=C(O)CCC(=O)O. The quantitative estimate of drug-likeness (QED) is 0.519. The zero-order valence-electron chi connectivity index (χ0n) is 8.43. The van der Waals surface area contributed by atoms with Gasteiger partial charge in [0.2, 0.25) is 0 Å². The van der Waals surface area contributed by atoms with E-state index in [4.69, 9.17) is 10.2 Å². The van der Waals surface area contributed by atoms with E-state index in [2.05, 4.69) is 11.3 Å². The zero-order valence-corrected chi connectivity index (χ0v) is 8.43. The van der Waals surface area contributed by atoms with Crippen molar-refractivity contribution < 1.29 is 29.3 Å². The summed E-state index contributed by atoms with van der Waals surface area (Å²) in [6.45, 7) is 5.38. The molecule has 0 amide bonds. The van der Waals surface area contributed by atoms with Crippen molar-refractivity contribution in [3.63, 3.8) is 0 Å². The summed E-state index contributed by atoms with van der Waals surface area (Å²) in [5, 5.41) is 15.8. The van der Waals surface area contributed by atoms with E-state index in [1.807, 2.05) is 0 Å². The molecule has 0 rings (SSSR count). The molecule has 0 heterocycles. The van der Waals surface area contributed by atoms with Crippen LogP contribution < -0.4 is 0 Å². The highest BCUT2D eigenvalue weighted by molar-refractivity contribution is 5.81. The molecule has 0 unspecified atom stereocenters. The average molecular weight is 218 g/mol. The summed E-state index contributed by atoms with van der Waals surface area (Å²) in [4.78, 5) is 29.4. The molecule has 0 saturated carbocycles. The molecule has 0 aliphatic carbocycles. The monoisotopic (exact) mass is 218 g/mol. The van der Waals surface area contributed by atoms with Crippen molar-refractivity contribution in [2.75, 3.05) is 6.61 Å². The molecule has 0 aliphatic heterocycles. The molecule has 0 bridgehead atoms. The number of esters is 1. The number of carbonyl (C=O) groups is 3. The predicted octanol–water partition coefficient (Wildman–Crippen LogP) is 0.671. The van der Waals surface area contributed by atoms with Crippen molar-refractivity contribution in [3.05, 3.63) is 12.7 Å². The van der Waals surface area contributed by atoms with Gasteiger partial charge in [-0.3, -0.25) is 9.59 Å². The Bertz CT molecular complexity index is 219. The third-order valence-electron chi connectivity index (χ3n) is 1.01. The van der Waals surface area contributed by atoms with Gasteiger partial charge in [-0.1, -0.05) is 6.58 Å². The summed E-state index contributed by atoms with van der Waals surface area (Å²) >= 11 is 0. The smallest absolute Gasteiger partial charge is 0.330 e. The van der Waals surface area contributed by atoms with Crippen LogP contribution in [0.3, 0.4) is 0 Å². The Labute approximate surface area is 87.2 Å². The number of hydrogen-bond acceptors (Lipinski definition) is 4. The molecule has 0 aromatic carbocycles. The lowest BCUT2D eigenvalue weighted by molar-refractivity contribution is -0.143. The first-order valence-electron chi connectivity index (χ1n) is 4.16. The summed E-state index contributed by atoms with van der Waals surface area (Å²) in [7, 11) is 0. The molecule has 0 aliphatic rings. The topological polar surface area (TPSA) is 101 Å². The minimum absolute atomic E-state index is 0.296. The fourth-order valence-corrected chi connectivity index (χ4v) is 0.415. The van der Waals surface area contributed by atoms with Crippen molar-refractivity contribution >= 4 is 17.9 Å². The minimum Gasteiger partial charge on any atom is -0.481 e. The highest BCUT2D eigenvalue weighted by Crippen LogP contribution is 1.86. The number of carboxylic acid groups (broad SMARTS) is 2. The third kappa shape index (κ3) is 18.8. The maximum Gasteiger partial charge on any atom is 0.330 e. The number of rotatable bonds is 5. The molecule has 0 atom stereocenters. The second-order valence-electron chi connectivity index (χ2n) is 2.24. The number of hydrogen-bond donors (Lipinski definition) is 2. The van der Waals surface area contributed by atoms with Crippen LogP contribution in [0.25, 0.3) is 0 Å². The van der Waals surface area contributed by atoms with Gasteiger partial charge in [0, 0.05) is 6.08 Å². The first-order valence-corrected chi connectivity index (χ1v) is 4.16. The van der Waals surface area contributed by atoms with Crippen LogP contribution in [0.5, 0.6) is 0 Å². The van der Waals surface area contributed by atoms with Gasteiger partial charge in [-0.15, -0.1) is 0 Å². The maximum atomic E-state index is 10.1. The third-order valence-corrected chi connectivity index (χ3v) is 1.01. The Morgan fingerprint density at radius 1 is 1.20 bits per heavy atom. The molecule has 0 saturated heterocycles. The first kappa shape index (κ1) is 15.6. The highest BCUT2D eigenvalue weighted by atomic mass is 16.5. The lowest BCUT2D eigenvalue weighted by Crippen LogP contribution is -2.00. The van der Waals surface area contributed by atoms with Crippen molar-refractivity contribution in [3.8, 4) is 0 Å². The minimum atomic E-state index is -1.08. The van der Waals surface area contributed by atoms with Gasteiger partial charge >= 0.3 is 17.9 Å². The van der Waals surface area contributed by atoms with E-state index in [0.717, 1.165) is 6.08 Å². The molecule has 2 N–H and O–H groups in total. The molecule has 0 aromatic rings. The Hall–Kier alpha value is -1.85. The molecule has 6 heteroatoms. The van der Waals surface area contributed by atoms with Crippen molar-refractivity contribution in [1.29, 1.82) is 0 Å². The van der Waals surface area contributed by atoms with Gasteiger partial charge in [0.05, 0.1) is 19.4 Å². The van der Waals surface area contributed by atoms with Crippen LogP contribution in [-0.4, -0.2) is 34.7 Å². The molecule has 6 nitrogen and oxygen atoms in total. The van der Waals surface area contributed by atoms with E-state index in [1.54, 1.807) is 6.92 Å². The van der Waals surface area contributed by atoms with Crippen LogP contribution in [-0.2, 0) is 19.1 Å². The van der Waals surface area contributed by atoms with E-state index in [0.29, 0.717) is 6.61 Å². The lowest BCUT2D eigenvalue weighted by atomic mass is 10.3. The molecule has 15 heavy (non-hydrogen) atoms. The van der Waals surface area contributed by atoms with Crippen LogP contribution in [0.15, 0.2) is 12.7 Å². The van der Waals surface area contributed by atoms with Crippen molar-refractivity contribution in [2.24, 2.45) is 0 Å². The largest absolute Gasteiger partial charge is 0.481 e. The molecular formula is C9H14O6. The first-order chi connectivity index (χ1) is 6.93. The van der Waals surface area contributed by atoms with Crippen LogP contribution in [0.2, 0.25) is 0 Å². The fraction of sp³-hybridized carbons (Fsp3) is 0.444. The van der Waals surface area contributed by atoms with Crippen LogP contribution in [0.1, 0.15) is 19.8 Å². The maximum absolute atomic E-state index is 10.1. The van der Waals surface area contributed by atoms with E-state index < -0.39 is 11.9 Å². The van der Waals surface area contributed by atoms with Crippen LogP contribution in [0.4, 0.5) is 0 Å². The van der Waals surface area contributed by atoms with Gasteiger partial charge in [0.1, 0.15) is 0 Å². The second kappa shape index (κ2) is 10.2. The Morgan fingerprint density at radius 2 is 1.60 bits per heavy atom. The van der Waals surface area contributed by atoms with Gasteiger partial charge in [0.25, 0.3) is 0 Å². The molecular weight excluding hydrogens is 204 g/mol. The molecule has 0 fully saturated rings. The average Bonchev–Trinajstić information content (AvgIpc) is 2.16. The van der Waals surface area contributed by atoms with Crippen LogP contribution in [0, 0.1) is 0 Å². The normalized spacial score (nSPS) is 8.07. The Kier molecular flexibility index (Phi) is 10.7. The molecule has 0 aromatic heterocycles. The standard InChI is InChI=1S/C5H8O2.C4H6O4/c1-3-5(6)7-4-2;5-3(6)1-2-4(7)8/h3H,1,4H2,2H3;1-2H2,(H,5,6)(H,7,8). The van der Waals surface area contributed by atoms with Gasteiger partial charge in [0.15, 0.2) is 0 Å². The van der Waals surface area contributed by atoms with Crippen LogP contribution >= 0.6 is 0 Å². The number of carboxylic acids is 2. The number of aliphatic carboxylic acids is 2. The number of carbonyl (C=O) groups excluding carboxylic acids is 1. The summed E-state index contributed by atoms with van der Waals surface area (Å²) in [5.74, 6) is -2.51. The van der Waals surface area contributed by atoms with Gasteiger partial charge < -0.3 is 14.9 Å². The van der Waals surface area contributed by atoms with E-state index in [9.17, 15) is 14.4 Å². The number of ether oxygens (including phenoxy) is 1. The van der Waals surface area contributed by atoms with Gasteiger partial charge in [-0.2, -0.15) is 0 Å². The van der Waals surface area contributed by atoms with Gasteiger partial charge in [-0.05, 0) is 6.92 Å². The predicted molar refractivity (Wildman–Crippen MR) is 51.3 cm³/mol. The second-order valence-corrected chi connectivity index (χ2v) is 2.24.